The molecule has 2 aromatic heterocycles. The zero-order valence-electron chi connectivity index (χ0n) is 14.1. The highest BCUT2D eigenvalue weighted by molar-refractivity contribution is 5.90. The Labute approximate surface area is 153 Å². The van der Waals surface area contributed by atoms with E-state index in [1.165, 1.54) is 7.11 Å². The third kappa shape index (κ3) is 3.89. The number of benzene rings is 1. The van der Waals surface area contributed by atoms with Gasteiger partial charge in [-0.1, -0.05) is 0 Å². The molecule has 146 valence electrons. The summed E-state index contributed by atoms with van der Waals surface area (Å²) in [4.78, 5) is 31.6. The molecule has 0 saturated heterocycles. The monoisotopic (exact) mass is 397 g/mol. The quantitative estimate of drug-likeness (QED) is 0.676. The van der Waals surface area contributed by atoms with Crippen LogP contribution >= 0.6 is 0 Å². The maximum atomic E-state index is 12.9. The number of rotatable bonds is 4. The van der Waals surface area contributed by atoms with E-state index in [4.69, 9.17) is 4.74 Å². The van der Waals surface area contributed by atoms with Crippen molar-refractivity contribution in [1.82, 2.24) is 19.7 Å². The van der Waals surface area contributed by atoms with Crippen LogP contribution in [0.3, 0.4) is 0 Å². The van der Waals surface area contributed by atoms with Gasteiger partial charge in [0.05, 0.1) is 35.8 Å². The van der Waals surface area contributed by atoms with Crippen LogP contribution in [0.1, 0.15) is 5.56 Å². The van der Waals surface area contributed by atoms with Gasteiger partial charge in [-0.3, -0.25) is 14.9 Å². The molecule has 28 heavy (non-hydrogen) atoms. The normalized spacial score (nSPS) is 11.5. The van der Waals surface area contributed by atoms with E-state index in [-0.39, 0.29) is 22.6 Å². The molecule has 0 radical (unpaired) electrons. The van der Waals surface area contributed by atoms with Crippen molar-refractivity contribution < 1.29 is 27.1 Å². The van der Waals surface area contributed by atoms with Crippen LogP contribution in [0.4, 0.5) is 23.5 Å². The molecule has 0 aliphatic heterocycles. The van der Waals surface area contributed by atoms with Crippen molar-refractivity contribution in [3.63, 3.8) is 0 Å². The number of alkyl halides is 3. The molecular formula is C16H11F4N5O3. The first-order chi connectivity index (χ1) is 13.2. The van der Waals surface area contributed by atoms with Crippen molar-refractivity contribution in [3.8, 4) is 5.88 Å². The van der Waals surface area contributed by atoms with Crippen molar-refractivity contribution in [1.29, 1.82) is 0 Å². The lowest BCUT2D eigenvalue weighted by atomic mass is 10.1. The standard InChI is InChI=1S/C16H11F4N5O3/c1-28-13-11-4-8(16(18,19)20)2-3-10(11)14(27)25(24-13)7-12(26)23-15-21-5-9(17)6-22-15/h2-6H,7H2,1H3,(H,21,22,23,26). The molecule has 0 saturated carbocycles. The summed E-state index contributed by atoms with van der Waals surface area (Å²) in [5.74, 6) is -1.91. The molecule has 0 aliphatic rings. The predicted molar refractivity (Wildman–Crippen MR) is 88.2 cm³/mol. The Morgan fingerprint density at radius 2 is 1.89 bits per heavy atom. The van der Waals surface area contributed by atoms with E-state index in [0.717, 1.165) is 35.3 Å². The maximum Gasteiger partial charge on any atom is 0.416 e. The van der Waals surface area contributed by atoms with Crippen molar-refractivity contribution in [3.05, 3.63) is 52.3 Å². The number of carbonyl (C=O) groups is 1. The number of ether oxygens (including phenoxy) is 1. The van der Waals surface area contributed by atoms with Crippen LogP contribution in [0.15, 0.2) is 35.4 Å². The zero-order valence-corrected chi connectivity index (χ0v) is 14.1. The lowest BCUT2D eigenvalue weighted by molar-refractivity contribution is -0.137. The Bertz CT molecular complexity index is 1100. The van der Waals surface area contributed by atoms with E-state index in [1.807, 2.05) is 0 Å². The van der Waals surface area contributed by atoms with Gasteiger partial charge in [-0.2, -0.15) is 13.2 Å². The molecule has 0 bridgehead atoms. The minimum Gasteiger partial charge on any atom is -0.480 e. The van der Waals surface area contributed by atoms with Gasteiger partial charge in [0.2, 0.25) is 17.7 Å². The molecule has 2 heterocycles. The number of nitrogens with one attached hydrogen (secondary N) is 1. The number of methoxy groups -OCH3 is 1. The molecule has 3 aromatic rings. The second-order valence-corrected chi connectivity index (χ2v) is 5.50. The molecule has 0 atom stereocenters. The molecule has 0 spiro atoms. The number of hydrogen-bond donors (Lipinski definition) is 1. The highest BCUT2D eigenvalue weighted by atomic mass is 19.4. The van der Waals surface area contributed by atoms with Gasteiger partial charge in [0.15, 0.2) is 5.82 Å². The van der Waals surface area contributed by atoms with Crippen LogP contribution < -0.4 is 15.6 Å². The highest BCUT2D eigenvalue weighted by Crippen LogP contribution is 2.32. The third-order valence-corrected chi connectivity index (χ3v) is 3.61. The van der Waals surface area contributed by atoms with Crippen molar-refractivity contribution in [2.24, 2.45) is 0 Å². The fourth-order valence-corrected chi connectivity index (χ4v) is 2.37. The van der Waals surface area contributed by atoms with Crippen LogP contribution in [-0.2, 0) is 17.5 Å². The maximum absolute atomic E-state index is 12.9. The summed E-state index contributed by atoms with van der Waals surface area (Å²) in [5, 5.41) is 5.79. The first-order valence-electron chi connectivity index (χ1n) is 7.62. The Morgan fingerprint density at radius 3 is 2.50 bits per heavy atom. The van der Waals surface area contributed by atoms with E-state index < -0.39 is 35.6 Å². The number of fused-ring (bicyclic) bond motifs is 1. The number of nitrogens with zero attached hydrogens (tertiary/aromatic N) is 4. The number of hydrogen-bond acceptors (Lipinski definition) is 6. The SMILES string of the molecule is COc1nn(CC(=O)Nc2ncc(F)cn2)c(=O)c2ccc(C(F)(F)F)cc12. The summed E-state index contributed by atoms with van der Waals surface area (Å²) in [6.45, 7) is -0.590. The van der Waals surface area contributed by atoms with Gasteiger partial charge in [-0.05, 0) is 18.2 Å². The molecule has 0 aliphatic carbocycles. The van der Waals surface area contributed by atoms with Gasteiger partial charge in [0.1, 0.15) is 6.54 Å². The fraction of sp³-hybridized carbons (Fsp3) is 0.188. The third-order valence-electron chi connectivity index (χ3n) is 3.61. The molecule has 8 nitrogen and oxygen atoms in total. The first-order valence-corrected chi connectivity index (χ1v) is 7.62. The Kier molecular flexibility index (Phi) is 4.94. The summed E-state index contributed by atoms with van der Waals surface area (Å²) in [7, 11) is 1.17. The second kappa shape index (κ2) is 7.21. The number of aromatic nitrogens is 4. The van der Waals surface area contributed by atoms with Crippen LogP contribution in [0.5, 0.6) is 5.88 Å². The smallest absolute Gasteiger partial charge is 0.416 e. The van der Waals surface area contributed by atoms with Crippen LogP contribution in [0.2, 0.25) is 0 Å². The zero-order chi connectivity index (χ0) is 20.5. The largest absolute Gasteiger partial charge is 0.480 e. The number of carbonyl (C=O) groups excluding carboxylic acids is 1. The van der Waals surface area contributed by atoms with E-state index in [9.17, 15) is 27.2 Å². The molecule has 1 aromatic carbocycles. The fourth-order valence-electron chi connectivity index (χ4n) is 2.37. The van der Waals surface area contributed by atoms with Crippen LogP contribution in [-0.4, -0.2) is 32.8 Å². The Morgan fingerprint density at radius 1 is 1.21 bits per heavy atom. The number of halogens is 4. The van der Waals surface area contributed by atoms with E-state index in [0.29, 0.717) is 0 Å². The average Bonchev–Trinajstić information content (AvgIpc) is 2.64. The molecule has 1 amide bonds. The van der Waals surface area contributed by atoms with Crippen molar-refractivity contribution >= 4 is 22.6 Å². The molecule has 12 heteroatoms. The summed E-state index contributed by atoms with van der Waals surface area (Å²) >= 11 is 0. The van der Waals surface area contributed by atoms with Gasteiger partial charge < -0.3 is 4.74 Å². The van der Waals surface area contributed by atoms with Crippen LogP contribution in [0, 0.1) is 5.82 Å². The summed E-state index contributed by atoms with van der Waals surface area (Å²) < 4.78 is 57.2. The highest BCUT2D eigenvalue weighted by Gasteiger charge is 2.31. The van der Waals surface area contributed by atoms with E-state index in [1.54, 1.807) is 0 Å². The van der Waals surface area contributed by atoms with Gasteiger partial charge in [0, 0.05) is 0 Å². The molecule has 3 rings (SSSR count). The lowest BCUT2D eigenvalue weighted by Crippen LogP contribution is -2.30. The van der Waals surface area contributed by atoms with Gasteiger partial charge in [0.25, 0.3) is 5.56 Å². The van der Waals surface area contributed by atoms with E-state index >= 15 is 0 Å². The average molecular weight is 397 g/mol. The summed E-state index contributed by atoms with van der Waals surface area (Å²) in [5.41, 5.74) is -1.76. The summed E-state index contributed by atoms with van der Waals surface area (Å²) in [6.07, 6.45) is -2.93. The van der Waals surface area contributed by atoms with Gasteiger partial charge in [-0.15, -0.1) is 5.10 Å². The molecular weight excluding hydrogens is 386 g/mol. The Hall–Kier alpha value is -3.57. The topological polar surface area (TPSA) is 99.0 Å². The van der Waals surface area contributed by atoms with Crippen molar-refractivity contribution in [2.45, 2.75) is 12.7 Å². The molecule has 0 fully saturated rings. The Balaban J connectivity index is 1.95. The van der Waals surface area contributed by atoms with Gasteiger partial charge in [-0.25, -0.2) is 19.0 Å². The van der Waals surface area contributed by atoms with Crippen molar-refractivity contribution in [2.75, 3.05) is 12.4 Å². The minimum absolute atomic E-state index is 0.106. The minimum atomic E-state index is -4.61. The predicted octanol–water partition coefficient (Wildman–Crippen LogP) is 1.99. The first kappa shape index (κ1) is 19.2. The second-order valence-electron chi connectivity index (χ2n) is 5.50. The number of amides is 1. The van der Waals surface area contributed by atoms with E-state index in [2.05, 4.69) is 20.4 Å². The lowest BCUT2D eigenvalue weighted by Gasteiger charge is -2.12. The van der Waals surface area contributed by atoms with Gasteiger partial charge >= 0.3 is 6.18 Å². The number of anilines is 1. The molecule has 0 unspecified atom stereocenters. The molecule has 1 N–H and O–H groups in total. The van der Waals surface area contributed by atoms with Crippen LogP contribution in [0.25, 0.3) is 10.8 Å². The summed E-state index contributed by atoms with van der Waals surface area (Å²) in [6, 6.07) is 2.49.